The van der Waals surface area contributed by atoms with Gasteiger partial charge in [0.25, 0.3) is 0 Å². The average molecular weight is 408 g/mol. The second kappa shape index (κ2) is 9.46. The molecule has 1 fully saturated rings. The molecule has 0 amide bonds. The molecule has 1 unspecified atom stereocenters. The fourth-order valence-corrected chi connectivity index (χ4v) is 4.74. The molecule has 2 aromatic heterocycles. The molecule has 1 N–H and O–H groups in total. The molecule has 5 nitrogen and oxygen atoms in total. The number of anilines is 2. The van der Waals surface area contributed by atoms with Gasteiger partial charge in [-0.25, -0.2) is 15.0 Å². The molecule has 1 atom stereocenters. The van der Waals surface area contributed by atoms with E-state index in [0.717, 1.165) is 48.4 Å². The largest absolute Gasteiger partial charge is 0.316 e. The Hall–Kier alpha value is -2.31. The average Bonchev–Trinajstić information content (AvgIpc) is 3.11. The number of hydrogen-bond donors (Lipinski definition) is 1. The van der Waals surface area contributed by atoms with E-state index in [4.69, 9.17) is 4.98 Å². The highest BCUT2D eigenvalue weighted by molar-refractivity contribution is 7.15. The van der Waals surface area contributed by atoms with E-state index in [1.807, 2.05) is 13.1 Å². The Morgan fingerprint density at radius 1 is 1.17 bits per heavy atom. The van der Waals surface area contributed by atoms with Gasteiger partial charge in [-0.05, 0) is 57.6 Å². The fraction of sp³-hybridized carbons (Fsp3) is 0.435. The van der Waals surface area contributed by atoms with E-state index in [0.29, 0.717) is 5.92 Å². The van der Waals surface area contributed by atoms with Gasteiger partial charge < -0.3 is 10.2 Å². The lowest BCUT2D eigenvalue weighted by atomic mass is 9.93. The van der Waals surface area contributed by atoms with Crippen LogP contribution < -0.4 is 5.32 Å². The molecular weight excluding hydrogens is 378 g/mol. The van der Waals surface area contributed by atoms with Gasteiger partial charge >= 0.3 is 0 Å². The van der Waals surface area contributed by atoms with E-state index < -0.39 is 0 Å². The molecule has 3 aromatic rings. The number of aromatic nitrogens is 3. The molecule has 0 radical (unpaired) electrons. The van der Waals surface area contributed by atoms with Gasteiger partial charge in [0.05, 0.1) is 0 Å². The van der Waals surface area contributed by atoms with Crippen molar-refractivity contribution in [3.05, 3.63) is 64.6 Å². The lowest BCUT2D eigenvalue weighted by molar-refractivity contribution is 0.175. The maximum atomic E-state index is 4.71. The third-order valence-corrected chi connectivity index (χ3v) is 6.24. The maximum absolute atomic E-state index is 4.71. The van der Waals surface area contributed by atoms with Crippen molar-refractivity contribution in [1.29, 1.82) is 0 Å². The van der Waals surface area contributed by atoms with Crippen LogP contribution in [0.3, 0.4) is 0 Å². The minimum atomic E-state index is 0.656. The first-order valence-electron chi connectivity index (χ1n) is 10.4. The molecule has 4 rings (SSSR count). The number of hydrogen-bond acceptors (Lipinski definition) is 6. The van der Waals surface area contributed by atoms with Gasteiger partial charge in [0.1, 0.15) is 11.6 Å². The van der Waals surface area contributed by atoms with Crippen molar-refractivity contribution in [3.8, 4) is 0 Å². The minimum absolute atomic E-state index is 0.656. The highest BCUT2D eigenvalue weighted by atomic mass is 32.1. The molecule has 152 valence electrons. The molecule has 6 heteroatoms. The topological polar surface area (TPSA) is 53.9 Å². The zero-order valence-electron chi connectivity index (χ0n) is 17.3. The van der Waals surface area contributed by atoms with Gasteiger partial charge in [0.15, 0.2) is 5.13 Å². The number of nitrogens with zero attached hydrogens (tertiary/aromatic N) is 4. The molecule has 3 heterocycles. The van der Waals surface area contributed by atoms with E-state index in [9.17, 15) is 0 Å². The Morgan fingerprint density at radius 3 is 2.83 bits per heavy atom. The van der Waals surface area contributed by atoms with Gasteiger partial charge in [0, 0.05) is 35.9 Å². The summed E-state index contributed by atoms with van der Waals surface area (Å²) in [5, 5.41) is 4.22. The number of likely N-dealkylation sites (tertiary alicyclic amines) is 1. The second-order valence-corrected chi connectivity index (χ2v) is 9.18. The van der Waals surface area contributed by atoms with Crippen LogP contribution in [0, 0.1) is 19.8 Å². The normalized spacial score (nSPS) is 17.4. The Bertz CT molecular complexity index is 924. The first-order valence-corrected chi connectivity index (χ1v) is 11.3. The molecule has 1 aliphatic rings. The number of nitrogens with one attached hydrogen (secondary N) is 1. The predicted octanol–water partition coefficient (Wildman–Crippen LogP) is 4.79. The predicted molar refractivity (Wildman–Crippen MR) is 120 cm³/mol. The fourth-order valence-electron chi connectivity index (χ4n) is 4.07. The van der Waals surface area contributed by atoms with E-state index in [-0.39, 0.29) is 0 Å². The van der Waals surface area contributed by atoms with Gasteiger partial charge in [-0.15, -0.1) is 11.3 Å². The standard InChI is InChI=1S/C23H29N5S/c1-17-15-24-23(29-17)27-22-14-21(25-18(2)26-22)13-20-9-6-11-28(16-20)12-10-19-7-4-3-5-8-19/h3-5,7-8,14-15,20H,6,9-13,16H2,1-2H3,(H,24,25,26,27). The van der Waals surface area contributed by atoms with E-state index in [1.165, 1.54) is 29.8 Å². The molecule has 1 saturated heterocycles. The number of aryl methyl sites for hydroxylation is 2. The molecule has 0 aliphatic carbocycles. The molecule has 0 saturated carbocycles. The molecule has 0 spiro atoms. The van der Waals surface area contributed by atoms with Crippen LogP contribution in [-0.4, -0.2) is 39.5 Å². The zero-order chi connectivity index (χ0) is 20.1. The summed E-state index contributed by atoms with van der Waals surface area (Å²) in [7, 11) is 0. The quantitative estimate of drug-likeness (QED) is 0.610. The Labute approximate surface area is 177 Å². The first-order chi connectivity index (χ1) is 14.1. The first kappa shape index (κ1) is 20.0. The number of benzene rings is 1. The van der Waals surface area contributed by atoms with Crippen molar-refractivity contribution in [3.63, 3.8) is 0 Å². The lowest BCUT2D eigenvalue weighted by Gasteiger charge is -2.32. The summed E-state index contributed by atoms with van der Waals surface area (Å²) < 4.78 is 0. The molecule has 1 aliphatic heterocycles. The zero-order valence-corrected chi connectivity index (χ0v) is 18.1. The maximum Gasteiger partial charge on any atom is 0.188 e. The van der Waals surface area contributed by atoms with Crippen molar-refractivity contribution in [2.24, 2.45) is 5.92 Å². The third-order valence-electron chi connectivity index (χ3n) is 5.41. The monoisotopic (exact) mass is 407 g/mol. The molecule has 29 heavy (non-hydrogen) atoms. The summed E-state index contributed by atoms with van der Waals surface area (Å²) >= 11 is 1.64. The van der Waals surface area contributed by atoms with Gasteiger partial charge in [-0.1, -0.05) is 30.3 Å². The van der Waals surface area contributed by atoms with Gasteiger partial charge in [-0.2, -0.15) is 0 Å². The van der Waals surface area contributed by atoms with E-state index in [2.05, 4.69) is 63.5 Å². The van der Waals surface area contributed by atoms with Crippen LogP contribution in [0.25, 0.3) is 0 Å². The van der Waals surface area contributed by atoms with Crippen LogP contribution in [0.4, 0.5) is 10.9 Å². The van der Waals surface area contributed by atoms with E-state index >= 15 is 0 Å². The van der Waals surface area contributed by atoms with Crippen molar-refractivity contribution in [2.45, 2.75) is 39.5 Å². The van der Waals surface area contributed by atoms with Crippen LogP contribution in [0.15, 0.2) is 42.6 Å². The summed E-state index contributed by atoms with van der Waals surface area (Å²) in [4.78, 5) is 17.4. The van der Waals surface area contributed by atoms with Gasteiger partial charge in [-0.3, -0.25) is 0 Å². The van der Waals surface area contributed by atoms with Crippen LogP contribution in [-0.2, 0) is 12.8 Å². The lowest BCUT2D eigenvalue weighted by Crippen LogP contribution is -2.37. The van der Waals surface area contributed by atoms with Crippen molar-refractivity contribution in [1.82, 2.24) is 19.9 Å². The summed E-state index contributed by atoms with van der Waals surface area (Å²) in [6.45, 7) is 7.53. The van der Waals surface area contributed by atoms with Crippen LogP contribution in [0.5, 0.6) is 0 Å². The third kappa shape index (κ3) is 5.84. The number of rotatable bonds is 7. The van der Waals surface area contributed by atoms with Gasteiger partial charge in [0.2, 0.25) is 0 Å². The summed E-state index contributed by atoms with van der Waals surface area (Å²) in [6, 6.07) is 12.9. The number of piperidine rings is 1. The Morgan fingerprint density at radius 2 is 2.03 bits per heavy atom. The van der Waals surface area contributed by atoms with Crippen molar-refractivity contribution in [2.75, 3.05) is 25.0 Å². The highest BCUT2D eigenvalue weighted by Crippen LogP contribution is 2.24. The SMILES string of the molecule is Cc1nc(CC2CCCN(CCc3ccccc3)C2)cc(Nc2ncc(C)s2)n1. The highest BCUT2D eigenvalue weighted by Gasteiger charge is 2.21. The Balaban J connectivity index is 1.35. The Kier molecular flexibility index (Phi) is 6.52. The van der Waals surface area contributed by atoms with Crippen LogP contribution >= 0.6 is 11.3 Å². The minimum Gasteiger partial charge on any atom is -0.316 e. The molecule has 1 aromatic carbocycles. The van der Waals surface area contributed by atoms with Crippen LogP contribution in [0.2, 0.25) is 0 Å². The molecule has 0 bridgehead atoms. The smallest absolute Gasteiger partial charge is 0.188 e. The summed E-state index contributed by atoms with van der Waals surface area (Å²) in [6.07, 6.45) is 6.57. The number of thiazole rings is 1. The van der Waals surface area contributed by atoms with E-state index in [1.54, 1.807) is 11.3 Å². The molecular formula is C23H29N5S. The summed E-state index contributed by atoms with van der Waals surface area (Å²) in [5.74, 6) is 2.32. The van der Waals surface area contributed by atoms with Crippen molar-refractivity contribution < 1.29 is 0 Å². The summed E-state index contributed by atoms with van der Waals surface area (Å²) in [5.41, 5.74) is 2.55. The van der Waals surface area contributed by atoms with Crippen LogP contribution in [0.1, 0.15) is 34.8 Å². The second-order valence-electron chi connectivity index (χ2n) is 7.94. The van der Waals surface area contributed by atoms with Crippen molar-refractivity contribution >= 4 is 22.3 Å².